The Labute approximate surface area is 162 Å². The topological polar surface area (TPSA) is 85.8 Å². The van der Waals surface area contributed by atoms with Crippen LogP contribution in [0.3, 0.4) is 0 Å². The van der Waals surface area contributed by atoms with Crippen molar-refractivity contribution in [1.29, 1.82) is 0 Å². The van der Waals surface area contributed by atoms with Gasteiger partial charge < -0.3 is 9.73 Å². The fourth-order valence-electron chi connectivity index (χ4n) is 2.92. The zero-order valence-corrected chi connectivity index (χ0v) is 15.6. The average molecular weight is 373 g/mol. The van der Waals surface area contributed by atoms with Gasteiger partial charge in [0.15, 0.2) is 0 Å². The molecular weight excluding hydrogens is 354 g/mol. The maximum atomic E-state index is 12.4. The highest BCUT2D eigenvalue weighted by Crippen LogP contribution is 2.17. The molecule has 0 aliphatic rings. The van der Waals surface area contributed by atoms with Gasteiger partial charge in [-0.1, -0.05) is 18.2 Å². The molecule has 0 saturated heterocycles. The Kier molecular flexibility index (Phi) is 4.72. The Balaban J connectivity index is 1.40. The number of hydrogen-bond acceptors (Lipinski definition) is 5. The van der Waals surface area contributed by atoms with Crippen LogP contribution in [0.1, 0.15) is 27.6 Å². The molecule has 140 valence electrons. The number of aryl methyl sites for hydroxylation is 2. The maximum Gasteiger partial charge on any atom is 0.251 e. The van der Waals surface area contributed by atoms with Gasteiger partial charge >= 0.3 is 0 Å². The molecule has 4 rings (SSSR count). The highest BCUT2D eigenvalue weighted by atomic mass is 16.4. The quantitative estimate of drug-likeness (QED) is 0.579. The number of nitrogens with zero attached hydrogens (tertiary/aromatic N) is 4. The third kappa shape index (κ3) is 3.68. The van der Waals surface area contributed by atoms with E-state index in [0.29, 0.717) is 17.3 Å². The van der Waals surface area contributed by atoms with E-state index in [0.717, 1.165) is 22.6 Å². The highest BCUT2D eigenvalue weighted by molar-refractivity contribution is 5.94. The first-order valence-electron chi connectivity index (χ1n) is 8.90. The largest absolute Gasteiger partial charge is 0.419 e. The number of aromatic nitrogens is 4. The molecule has 7 nitrogen and oxygen atoms in total. The maximum absolute atomic E-state index is 12.4. The van der Waals surface area contributed by atoms with Crippen molar-refractivity contribution in [3.05, 3.63) is 83.5 Å². The Hall–Kier alpha value is -3.74. The third-order valence-electron chi connectivity index (χ3n) is 4.27. The molecule has 0 aliphatic carbocycles. The van der Waals surface area contributed by atoms with E-state index >= 15 is 0 Å². The zero-order valence-electron chi connectivity index (χ0n) is 15.6. The SMILES string of the molecule is Cc1cc(C)n(-c2ccc(C(=O)NCc3nnc(-c4ccccc4)o3)cc2)n1. The summed E-state index contributed by atoms with van der Waals surface area (Å²) >= 11 is 0. The van der Waals surface area contributed by atoms with Crippen molar-refractivity contribution < 1.29 is 9.21 Å². The minimum absolute atomic E-state index is 0.165. The van der Waals surface area contributed by atoms with Gasteiger partial charge in [0.05, 0.1) is 17.9 Å². The number of carbonyl (C=O) groups is 1. The first-order valence-corrected chi connectivity index (χ1v) is 8.90. The summed E-state index contributed by atoms with van der Waals surface area (Å²) in [6, 6.07) is 18.8. The lowest BCUT2D eigenvalue weighted by Crippen LogP contribution is -2.23. The average Bonchev–Trinajstić information content (AvgIpc) is 3.33. The van der Waals surface area contributed by atoms with E-state index in [1.165, 1.54) is 0 Å². The van der Waals surface area contributed by atoms with Gasteiger partial charge in [-0.3, -0.25) is 4.79 Å². The van der Waals surface area contributed by atoms with Crippen molar-refractivity contribution in [3.8, 4) is 17.1 Å². The second-order valence-electron chi connectivity index (χ2n) is 6.44. The van der Waals surface area contributed by atoms with Crippen LogP contribution >= 0.6 is 0 Å². The summed E-state index contributed by atoms with van der Waals surface area (Å²) in [6.45, 7) is 4.11. The summed E-state index contributed by atoms with van der Waals surface area (Å²) in [5, 5.41) is 15.2. The van der Waals surface area contributed by atoms with E-state index in [2.05, 4.69) is 20.6 Å². The standard InChI is InChI=1S/C21H19N5O2/c1-14-12-15(2)26(25-14)18-10-8-16(9-11-18)20(27)22-13-19-23-24-21(28-19)17-6-4-3-5-7-17/h3-12H,13H2,1-2H3,(H,22,27). The minimum atomic E-state index is -0.209. The van der Waals surface area contributed by atoms with Crippen molar-refractivity contribution in [1.82, 2.24) is 25.3 Å². The molecule has 1 amide bonds. The number of amides is 1. The van der Waals surface area contributed by atoms with Crippen LogP contribution in [-0.4, -0.2) is 25.9 Å². The number of nitrogens with one attached hydrogen (secondary N) is 1. The molecule has 0 saturated carbocycles. The Morgan fingerprint density at radius 1 is 1.04 bits per heavy atom. The zero-order chi connectivity index (χ0) is 19.5. The van der Waals surface area contributed by atoms with Crippen LogP contribution in [0.4, 0.5) is 0 Å². The predicted octanol–water partition coefficient (Wildman–Crippen LogP) is 3.47. The molecule has 0 unspecified atom stereocenters. The fourth-order valence-corrected chi connectivity index (χ4v) is 2.92. The first-order chi connectivity index (χ1) is 13.6. The molecule has 0 spiro atoms. The van der Waals surface area contributed by atoms with E-state index in [1.54, 1.807) is 12.1 Å². The van der Waals surface area contributed by atoms with Crippen LogP contribution in [0.15, 0.2) is 65.1 Å². The molecule has 0 radical (unpaired) electrons. The molecule has 0 aliphatic heterocycles. The lowest BCUT2D eigenvalue weighted by Gasteiger charge is -2.06. The molecule has 0 atom stereocenters. The Bertz CT molecular complexity index is 1100. The second kappa shape index (κ2) is 7.48. The molecule has 0 bridgehead atoms. The fraction of sp³-hybridized carbons (Fsp3) is 0.143. The molecule has 0 fully saturated rings. The molecule has 1 N–H and O–H groups in total. The van der Waals surface area contributed by atoms with Crippen LogP contribution in [0.2, 0.25) is 0 Å². The van der Waals surface area contributed by atoms with E-state index in [9.17, 15) is 4.79 Å². The lowest BCUT2D eigenvalue weighted by atomic mass is 10.2. The summed E-state index contributed by atoms with van der Waals surface area (Å²) in [6.07, 6.45) is 0. The number of rotatable bonds is 5. The monoisotopic (exact) mass is 373 g/mol. The molecule has 4 aromatic rings. The van der Waals surface area contributed by atoms with Gasteiger partial charge in [0.25, 0.3) is 5.91 Å². The van der Waals surface area contributed by atoms with Crippen LogP contribution < -0.4 is 5.32 Å². The molecule has 2 aromatic heterocycles. The molecule has 7 heteroatoms. The van der Waals surface area contributed by atoms with Crippen molar-refractivity contribution in [2.45, 2.75) is 20.4 Å². The van der Waals surface area contributed by atoms with Crippen LogP contribution in [0.5, 0.6) is 0 Å². The van der Waals surface area contributed by atoms with E-state index in [4.69, 9.17) is 4.42 Å². The van der Waals surface area contributed by atoms with Gasteiger partial charge in [-0.15, -0.1) is 10.2 Å². The normalized spacial score (nSPS) is 10.8. The van der Waals surface area contributed by atoms with Gasteiger partial charge in [0.1, 0.15) is 0 Å². The highest BCUT2D eigenvalue weighted by Gasteiger charge is 2.11. The van der Waals surface area contributed by atoms with Gasteiger partial charge in [0, 0.05) is 16.8 Å². The van der Waals surface area contributed by atoms with Crippen molar-refractivity contribution in [3.63, 3.8) is 0 Å². The van der Waals surface area contributed by atoms with E-state index < -0.39 is 0 Å². The van der Waals surface area contributed by atoms with Crippen LogP contribution in [0.25, 0.3) is 17.1 Å². The smallest absolute Gasteiger partial charge is 0.251 e. The first kappa shape index (κ1) is 17.7. The summed E-state index contributed by atoms with van der Waals surface area (Å²) in [7, 11) is 0. The van der Waals surface area contributed by atoms with Gasteiger partial charge in [-0.25, -0.2) is 4.68 Å². The van der Waals surface area contributed by atoms with Crippen molar-refractivity contribution >= 4 is 5.91 Å². The summed E-state index contributed by atoms with van der Waals surface area (Å²) < 4.78 is 7.45. The third-order valence-corrected chi connectivity index (χ3v) is 4.27. The van der Waals surface area contributed by atoms with Gasteiger partial charge in [-0.05, 0) is 56.3 Å². The molecule has 28 heavy (non-hydrogen) atoms. The second-order valence-corrected chi connectivity index (χ2v) is 6.44. The van der Waals surface area contributed by atoms with Gasteiger partial charge in [-0.2, -0.15) is 5.10 Å². The molecule has 2 heterocycles. The molecular formula is C21H19N5O2. The molecule has 2 aromatic carbocycles. The van der Waals surface area contributed by atoms with Crippen molar-refractivity contribution in [2.24, 2.45) is 0 Å². The summed E-state index contributed by atoms with van der Waals surface area (Å²) in [5.74, 6) is 0.574. The Morgan fingerprint density at radius 2 is 1.79 bits per heavy atom. The van der Waals surface area contributed by atoms with E-state index in [-0.39, 0.29) is 12.5 Å². The number of benzene rings is 2. The number of hydrogen-bond donors (Lipinski definition) is 1. The summed E-state index contributed by atoms with van der Waals surface area (Å²) in [5.41, 5.74) is 4.29. The minimum Gasteiger partial charge on any atom is -0.419 e. The Morgan fingerprint density at radius 3 is 2.46 bits per heavy atom. The predicted molar refractivity (Wildman–Crippen MR) is 104 cm³/mol. The van der Waals surface area contributed by atoms with E-state index in [1.807, 2.05) is 67.1 Å². The lowest BCUT2D eigenvalue weighted by molar-refractivity contribution is 0.0947. The number of carbonyl (C=O) groups excluding carboxylic acids is 1. The summed E-state index contributed by atoms with van der Waals surface area (Å²) in [4.78, 5) is 12.4. The van der Waals surface area contributed by atoms with Crippen molar-refractivity contribution in [2.75, 3.05) is 0 Å². The van der Waals surface area contributed by atoms with Crippen LogP contribution in [0, 0.1) is 13.8 Å². The van der Waals surface area contributed by atoms with Gasteiger partial charge in [0.2, 0.25) is 11.8 Å². The van der Waals surface area contributed by atoms with Crippen LogP contribution in [-0.2, 0) is 6.54 Å².